The summed E-state index contributed by atoms with van der Waals surface area (Å²) in [6.07, 6.45) is 10.4. The summed E-state index contributed by atoms with van der Waals surface area (Å²) in [5, 5.41) is 0. The van der Waals surface area contributed by atoms with Crippen LogP contribution in [0.15, 0.2) is 36.2 Å². The number of fused-ring (bicyclic) bond motifs is 1. The van der Waals surface area contributed by atoms with Gasteiger partial charge in [-0.15, -0.1) is 0 Å². The third kappa shape index (κ3) is 1.31. The van der Waals surface area contributed by atoms with Crippen molar-refractivity contribution in [2.45, 2.75) is 26.3 Å². The summed E-state index contributed by atoms with van der Waals surface area (Å²) in [6, 6.07) is 0. The van der Waals surface area contributed by atoms with Crippen molar-refractivity contribution < 1.29 is 4.58 Å². The van der Waals surface area contributed by atoms with E-state index in [1.165, 1.54) is 5.71 Å². The molecule has 1 heterocycles. The summed E-state index contributed by atoms with van der Waals surface area (Å²) in [6.45, 7) is 6.61. The average Bonchev–Trinajstić information content (AvgIpc) is 2.47. The molecular weight excluding hydrogens is 172 g/mol. The number of hydrogen-bond acceptors (Lipinski definition) is 1. The molecule has 0 aromatic heterocycles. The van der Waals surface area contributed by atoms with Gasteiger partial charge in [-0.1, -0.05) is 6.08 Å². The van der Waals surface area contributed by atoms with E-state index in [1.54, 1.807) is 0 Å². The van der Waals surface area contributed by atoms with Crippen LogP contribution in [0.1, 0.15) is 20.8 Å². The topological polar surface area (TPSA) is 29.0 Å². The molecule has 1 unspecified atom stereocenters. The van der Waals surface area contributed by atoms with E-state index in [9.17, 15) is 0 Å². The van der Waals surface area contributed by atoms with Crippen molar-refractivity contribution in [3.8, 4) is 0 Å². The molecule has 0 saturated carbocycles. The van der Waals surface area contributed by atoms with Gasteiger partial charge in [-0.05, 0) is 12.2 Å². The Labute approximate surface area is 85.1 Å². The van der Waals surface area contributed by atoms with Crippen LogP contribution >= 0.6 is 0 Å². The summed E-state index contributed by atoms with van der Waals surface area (Å²) >= 11 is 0. The molecule has 0 amide bonds. The number of hydrogen-bond donors (Lipinski definition) is 1. The highest BCUT2D eigenvalue weighted by Crippen LogP contribution is 2.24. The molecule has 0 spiro atoms. The number of nitrogens with zero attached hydrogens (tertiary/aromatic N) is 1. The molecule has 2 nitrogen and oxygen atoms in total. The molecule has 0 bridgehead atoms. The first kappa shape index (κ1) is 9.25. The molecule has 1 aliphatic heterocycles. The zero-order valence-electron chi connectivity index (χ0n) is 8.99. The maximum absolute atomic E-state index is 5.94. The average molecular weight is 189 g/mol. The minimum Gasteiger partial charge on any atom is -0.401 e. The van der Waals surface area contributed by atoms with Crippen LogP contribution in [0.2, 0.25) is 0 Å². The Bertz CT molecular complexity index is 376. The molecule has 2 aliphatic rings. The van der Waals surface area contributed by atoms with Crippen molar-refractivity contribution in [1.29, 1.82) is 0 Å². The Hall–Kier alpha value is -1.31. The summed E-state index contributed by atoms with van der Waals surface area (Å²) in [5.74, 6) is 0.291. The lowest BCUT2D eigenvalue weighted by atomic mass is 9.96. The summed E-state index contributed by atoms with van der Waals surface area (Å²) in [5.41, 5.74) is 8.29. The second-order valence-electron chi connectivity index (χ2n) is 4.81. The van der Waals surface area contributed by atoms with Gasteiger partial charge >= 0.3 is 0 Å². The first-order valence-corrected chi connectivity index (χ1v) is 4.98. The Morgan fingerprint density at radius 1 is 1.36 bits per heavy atom. The van der Waals surface area contributed by atoms with E-state index < -0.39 is 0 Å². The van der Waals surface area contributed by atoms with Crippen LogP contribution in [-0.2, 0) is 0 Å². The van der Waals surface area contributed by atoms with Crippen LogP contribution in [0.25, 0.3) is 0 Å². The van der Waals surface area contributed by atoms with Crippen LogP contribution in [0.4, 0.5) is 0 Å². The van der Waals surface area contributed by atoms with Crippen LogP contribution in [-0.4, -0.2) is 15.8 Å². The van der Waals surface area contributed by atoms with Crippen LogP contribution < -0.4 is 5.73 Å². The molecule has 2 N–H and O–H groups in total. The van der Waals surface area contributed by atoms with Crippen molar-refractivity contribution in [3.63, 3.8) is 0 Å². The lowest BCUT2D eigenvalue weighted by Gasteiger charge is -2.17. The smallest absolute Gasteiger partial charge is 0.194 e. The van der Waals surface area contributed by atoms with Gasteiger partial charge in [0.15, 0.2) is 17.5 Å². The van der Waals surface area contributed by atoms with Gasteiger partial charge in [-0.2, -0.15) is 4.58 Å². The molecule has 0 saturated heterocycles. The fourth-order valence-electron chi connectivity index (χ4n) is 1.94. The number of rotatable bonds is 0. The summed E-state index contributed by atoms with van der Waals surface area (Å²) in [7, 11) is 0. The van der Waals surface area contributed by atoms with Crippen molar-refractivity contribution in [1.82, 2.24) is 0 Å². The van der Waals surface area contributed by atoms with Gasteiger partial charge in [-0.3, -0.25) is 0 Å². The van der Waals surface area contributed by atoms with Gasteiger partial charge in [0, 0.05) is 32.5 Å². The molecular formula is C12H17N2+. The van der Waals surface area contributed by atoms with Gasteiger partial charge in [0.1, 0.15) is 5.92 Å². The minimum absolute atomic E-state index is 0.128. The molecule has 0 radical (unpaired) electrons. The predicted molar refractivity (Wildman–Crippen MR) is 59.1 cm³/mol. The van der Waals surface area contributed by atoms with E-state index >= 15 is 0 Å². The Kier molecular flexibility index (Phi) is 1.88. The number of allylic oxidation sites excluding steroid dienone is 4. The molecule has 0 aromatic rings. The fourth-order valence-corrected chi connectivity index (χ4v) is 1.94. The molecule has 1 aliphatic carbocycles. The van der Waals surface area contributed by atoms with E-state index in [2.05, 4.69) is 43.7 Å². The first-order valence-electron chi connectivity index (χ1n) is 4.98. The highest BCUT2D eigenvalue weighted by Gasteiger charge is 2.35. The molecule has 0 aromatic carbocycles. The van der Waals surface area contributed by atoms with E-state index in [4.69, 9.17) is 5.73 Å². The largest absolute Gasteiger partial charge is 0.401 e. The van der Waals surface area contributed by atoms with Crippen molar-refractivity contribution in [3.05, 3.63) is 36.2 Å². The molecule has 2 heteroatoms. The zero-order valence-corrected chi connectivity index (χ0v) is 8.99. The van der Waals surface area contributed by atoms with Crippen LogP contribution in [0.3, 0.4) is 0 Å². The van der Waals surface area contributed by atoms with E-state index in [0.717, 1.165) is 5.70 Å². The van der Waals surface area contributed by atoms with E-state index in [0.29, 0.717) is 5.92 Å². The maximum atomic E-state index is 5.94. The van der Waals surface area contributed by atoms with Gasteiger partial charge < -0.3 is 5.73 Å². The highest BCUT2D eigenvalue weighted by molar-refractivity contribution is 5.98. The quantitative estimate of drug-likeness (QED) is 0.578. The second-order valence-corrected chi connectivity index (χ2v) is 4.81. The van der Waals surface area contributed by atoms with Gasteiger partial charge in [-0.25, -0.2) is 0 Å². The van der Waals surface area contributed by atoms with Crippen molar-refractivity contribution in [2.24, 2.45) is 11.7 Å². The first-order chi connectivity index (χ1) is 6.50. The monoisotopic (exact) mass is 189 g/mol. The lowest BCUT2D eigenvalue weighted by Crippen LogP contribution is -2.34. The summed E-state index contributed by atoms with van der Waals surface area (Å²) in [4.78, 5) is 0. The highest BCUT2D eigenvalue weighted by atomic mass is 15.1. The SMILES string of the molecule is CC(C)(C)[N+]1=C2C=CC=C(N)C2C=C1. The van der Waals surface area contributed by atoms with Crippen LogP contribution in [0, 0.1) is 5.92 Å². The van der Waals surface area contributed by atoms with Crippen molar-refractivity contribution >= 4 is 5.71 Å². The molecule has 0 fully saturated rings. The minimum atomic E-state index is 0.128. The molecule has 14 heavy (non-hydrogen) atoms. The zero-order chi connectivity index (χ0) is 10.3. The van der Waals surface area contributed by atoms with Gasteiger partial charge in [0.2, 0.25) is 0 Å². The Morgan fingerprint density at radius 3 is 2.71 bits per heavy atom. The number of nitrogens with two attached hydrogens (primary N) is 1. The summed E-state index contributed by atoms with van der Waals surface area (Å²) < 4.78 is 2.29. The predicted octanol–water partition coefficient (Wildman–Crippen LogP) is 1.79. The van der Waals surface area contributed by atoms with Crippen molar-refractivity contribution in [2.75, 3.05) is 0 Å². The van der Waals surface area contributed by atoms with Gasteiger partial charge in [0.25, 0.3) is 0 Å². The fraction of sp³-hybridized carbons (Fsp3) is 0.417. The standard InChI is InChI=1S/C12H16N2/c1-12(2,3)14-8-7-9-10(13)5-4-6-11(9)14/h4-9,13H,1-3H3/p+1. The lowest BCUT2D eigenvalue weighted by molar-refractivity contribution is -0.531. The maximum Gasteiger partial charge on any atom is 0.194 e. The molecule has 74 valence electrons. The van der Waals surface area contributed by atoms with E-state index in [-0.39, 0.29) is 5.54 Å². The Balaban J connectivity index is 2.47. The van der Waals surface area contributed by atoms with E-state index in [1.807, 2.05) is 12.2 Å². The molecule has 1 atom stereocenters. The third-order valence-electron chi connectivity index (χ3n) is 2.66. The normalized spacial score (nSPS) is 25.4. The molecule has 2 rings (SSSR count). The van der Waals surface area contributed by atoms with Gasteiger partial charge in [0.05, 0.1) is 0 Å². The van der Waals surface area contributed by atoms with Crippen LogP contribution in [0.5, 0.6) is 0 Å². The third-order valence-corrected chi connectivity index (χ3v) is 2.66. The Morgan fingerprint density at radius 2 is 2.07 bits per heavy atom. The second kappa shape index (κ2) is 2.84.